The lowest BCUT2D eigenvalue weighted by atomic mass is 10.2. The molecular weight excluding hydrogens is 204 g/mol. The van der Waals surface area contributed by atoms with Crippen LogP contribution in [0.1, 0.15) is 5.56 Å². The average molecular weight is 210 g/mol. The maximum Gasteiger partial charge on any atom is 0.151 e. The predicted octanol–water partition coefficient (Wildman–Crippen LogP) is 2.09. The van der Waals surface area contributed by atoms with Gasteiger partial charge in [0.1, 0.15) is 29.2 Å². The summed E-state index contributed by atoms with van der Waals surface area (Å²) < 4.78 is 5.26. The van der Waals surface area contributed by atoms with Crippen LogP contribution >= 0.6 is 0 Å². The standard InChI is InChI=1S/C11H6N4O/c12-4-7-10-8(5-13-6-14-10)15-11(7)9-2-1-3-16-9/h1-3,5-6,15H. The monoisotopic (exact) mass is 210 g/mol. The molecule has 0 aliphatic heterocycles. The first-order valence-corrected chi connectivity index (χ1v) is 4.66. The van der Waals surface area contributed by atoms with Gasteiger partial charge in [-0.05, 0) is 12.1 Å². The van der Waals surface area contributed by atoms with Crippen LogP contribution in [0.25, 0.3) is 22.5 Å². The molecule has 5 heteroatoms. The molecule has 1 N–H and O–H groups in total. The highest BCUT2D eigenvalue weighted by Gasteiger charge is 2.15. The third-order valence-electron chi connectivity index (χ3n) is 2.34. The second-order valence-corrected chi connectivity index (χ2v) is 3.25. The summed E-state index contributed by atoms with van der Waals surface area (Å²) in [7, 11) is 0. The molecule has 0 spiro atoms. The van der Waals surface area contributed by atoms with Crippen LogP contribution in [-0.2, 0) is 0 Å². The van der Waals surface area contributed by atoms with Crippen molar-refractivity contribution in [3.63, 3.8) is 0 Å². The minimum Gasteiger partial charge on any atom is -0.463 e. The Morgan fingerprint density at radius 2 is 2.38 bits per heavy atom. The van der Waals surface area contributed by atoms with Gasteiger partial charge in [0.2, 0.25) is 0 Å². The number of aromatic amines is 1. The fourth-order valence-electron chi connectivity index (χ4n) is 1.65. The van der Waals surface area contributed by atoms with E-state index in [0.717, 1.165) is 5.52 Å². The van der Waals surface area contributed by atoms with E-state index < -0.39 is 0 Å². The van der Waals surface area contributed by atoms with Gasteiger partial charge in [-0.2, -0.15) is 5.26 Å². The van der Waals surface area contributed by atoms with Crippen LogP contribution in [-0.4, -0.2) is 15.0 Å². The number of hydrogen-bond acceptors (Lipinski definition) is 4. The maximum atomic E-state index is 9.13. The molecular formula is C11H6N4O. The quantitative estimate of drug-likeness (QED) is 0.667. The molecule has 0 aliphatic rings. The third-order valence-corrected chi connectivity index (χ3v) is 2.34. The molecule has 0 saturated heterocycles. The Morgan fingerprint density at radius 1 is 1.44 bits per heavy atom. The first-order chi connectivity index (χ1) is 7.90. The largest absolute Gasteiger partial charge is 0.463 e. The number of nitrogens with zero attached hydrogens (tertiary/aromatic N) is 3. The molecule has 0 bridgehead atoms. The average Bonchev–Trinajstić information content (AvgIpc) is 2.95. The van der Waals surface area contributed by atoms with Gasteiger partial charge in [0, 0.05) is 0 Å². The lowest BCUT2D eigenvalue weighted by Crippen LogP contribution is -1.79. The molecule has 76 valence electrons. The van der Waals surface area contributed by atoms with Gasteiger partial charge < -0.3 is 9.40 Å². The first-order valence-electron chi connectivity index (χ1n) is 4.66. The van der Waals surface area contributed by atoms with Gasteiger partial charge in [0.25, 0.3) is 0 Å². The highest BCUT2D eigenvalue weighted by molar-refractivity contribution is 5.88. The molecule has 0 amide bonds. The second-order valence-electron chi connectivity index (χ2n) is 3.25. The van der Waals surface area contributed by atoms with Crippen molar-refractivity contribution in [2.45, 2.75) is 0 Å². The lowest BCUT2D eigenvalue weighted by Gasteiger charge is -1.90. The second kappa shape index (κ2) is 3.21. The van der Waals surface area contributed by atoms with Crippen molar-refractivity contribution >= 4 is 11.0 Å². The molecule has 5 nitrogen and oxygen atoms in total. The molecule has 16 heavy (non-hydrogen) atoms. The summed E-state index contributed by atoms with van der Waals surface area (Å²) in [6, 6.07) is 5.69. The zero-order valence-corrected chi connectivity index (χ0v) is 8.14. The number of nitriles is 1. The summed E-state index contributed by atoms with van der Waals surface area (Å²) in [6.45, 7) is 0. The zero-order valence-electron chi connectivity index (χ0n) is 8.14. The van der Waals surface area contributed by atoms with Crippen molar-refractivity contribution in [3.8, 4) is 17.5 Å². The van der Waals surface area contributed by atoms with Gasteiger partial charge in [-0.15, -0.1) is 0 Å². The summed E-state index contributed by atoms with van der Waals surface area (Å²) >= 11 is 0. The van der Waals surface area contributed by atoms with E-state index in [9.17, 15) is 0 Å². The number of hydrogen-bond donors (Lipinski definition) is 1. The highest BCUT2D eigenvalue weighted by Crippen LogP contribution is 2.27. The zero-order chi connectivity index (χ0) is 11.0. The molecule has 0 aliphatic carbocycles. The summed E-state index contributed by atoms with van der Waals surface area (Å²) in [5.74, 6) is 0.620. The SMILES string of the molecule is N#Cc1c(-c2ccco2)[nH]c2cncnc12. The Kier molecular flexibility index (Phi) is 1.74. The Morgan fingerprint density at radius 3 is 3.12 bits per heavy atom. The van der Waals surface area contributed by atoms with Crippen molar-refractivity contribution in [3.05, 3.63) is 36.5 Å². The van der Waals surface area contributed by atoms with E-state index in [1.807, 2.05) is 0 Å². The molecule has 3 rings (SSSR count). The van der Waals surface area contributed by atoms with Gasteiger partial charge >= 0.3 is 0 Å². The Balaban J connectivity index is 2.38. The van der Waals surface area contributed by atoms with Crippen LogP contribution in [0, 0.1) is 11.3 Å². The van der Waals surface area contributed by atoms with Gasteiger partial charge in [0.15, 0.2) is 5.76 Å². The van der Waals surface area contributed by atoms with E-state index in [1.165, 1.54) is 6.33 Å². The van der Waals surface area contributed by atoms with Crippen molar-refractivity contribution in [2.75, 3.05) is 0 Å². The molecule has 3 heterocycles. The Labute approximate surface area is 90.4 Å². The fourth-order valence-corrected chi connectivity index (χ4v) is 1.65. The van der Waals surface area contributed by atoms with E-state index in [1.54, 1.807) is 24.6 Å². The number of H-pyrrole nitrogens is 1. The normalized spacial score (nSPS) is 10.4. The minimum atomic E-state index is 0.479. The van der Waals surface area contributed by atoms with E-state index in [0.29, 0.717) is 22.5 Å². The first kappa shape index (κ1) is 8.68. The Hall–Kier alpha value is -2.61. The van der Waals surface area contributed by atoms with Gasteiger partial charge in [-0.1, -0.05) is 0 Å². The third kappa shape index (κ3) is 1.10. The number of nitrogens with one attached hydrogen (secondary N) is 1. The molecule has 0 aromatic carbocycles. The van der Waals surface area contributed by atoms with Crippen LogP contribution in [0.5, 0.6) is 0 Å². The summed E-state index contributed by atoms with van der Waals surface area (Å²) in [5, 5.41) is 9.13. The highest BCUT2D eigenvalue weighted by atomic mass is 16.3. The maximum absolute atomic E-state index is 9.13. The Bertz CT molecular complexity index is 676. The van der Waals surface area contributed by atoms with Crippen LogP contribution < -0.4 is 0 Å². The predicted molar refractivity (Wildman–Crippen MR) is 56.3 cm³/mol. The summed E-state index contributed by atoms with van der Waals surface area (Å²) in [4.78, 5) is 11.1. The summed E-state index contributed by atoms with van der Waals surface area (Å²) in [5.41, 5.74) is 2.46. The van der Waals surface area contributed by atoms with Crippen molar-refractivity contribution in [1.82, 2.24) is 15.0 Å². The molecule has 0 atom stereocenters. The molecule has 3 aromatic rings. The van der Waals surface area contributed by atoms with Crippen molar-refractivity contribution in [1.29, 1.82) is 5.26 Å². The van der Waals surface area contributed by atoms with Crippen LogP contribution in [0.2, 0.25) is 0 Å². The molecule has 0 unspecified atom stereocenters. The topological polar surface area (TPSA) is 78.5 Å². The van der Waals surface area contributed by atoms with Crippen molar-refractivity contribution < 1.29 is 4.42 Å². The van der Waals surface area contributed by atoms with Gasteiger partial charge in [0.05, 0.1) is 18.0 Å². The number of fused-ring (bicyclic) bond motifs is 1. The van der Waals surface area contributed by atoms with Crippen LogP contribution in [0.4, 0.5) is 0 Å². The number of rotatable bonds is 1. The minimum absolute atomic E-state index is 0.479. The van der Waals surface area contributed by atoms with Crippen LogP contribution in [0.15, 0.2) is 35.3 Å². The molecule has 0 saturated carbocycles. The van der Waals surface area contributed by atoms with E-state index >= 15 is 0 Å². The van der Waals surface area contributed by atoms with E-state index in [4.69, 9.17) is 9.68 Å². The van der Waals surface area contributed by atoms with E-state index in [2.05, 4.69) is 21.0 Å². The summed E-state index contributed by atoms with van der Waals surface area (Å²) in [6.07, 6.45) is 4.62. The molecule has 0 fully saturated rings. The number of furan rings is 1. The van der Waals surface area contributed by atoms with Crippen molar-refractivity contribution in [2.24, 2.45) is 0 Å². The van der Waals surface area contributed by atoms with Gasteiger partial charge in [-0.25, -0.2) is 9.97 Å². The lowest BCUT2D eigenvalue weighted by molar-refractivity contribution is 0.580. The molecule has 0 radical (unpaired) electrons. The smallest absolute Gasteiger partial charge is 0.151 e. The molecule has 3 aromatic heterocycles. The number of aromatic nitrogens is 3. The van der Waals surface area contributed by atoms with E-state index in [-0.39, 0.29) is 0 Å². The fraction of sp³-hybridized carbons (Fsp3) is 0. The van der Waals surface area contributed by atoms with Gasteiger partial charge in [-0.3, -0.25) is 0 Å². The van der Waals surface area contributed by atoms with Crippen LogP contribution in [0.3, 0.4) is 0 Å².